The summed E-state index contributed by atoms with van der Waals surface area (Å²) in [6.45, 7) is 0. The van der Waals surface area contributed by atoms with Crippen molar-refractivity contribution in [2.45, 2.75) is 4.90 Å². The molecule has 0 bridgehead atoms. The van der Waals surface area contributed by atoms with Gasteiger partial charge in [-0.2, -0.15) is 18.8 Å². The fourth-order valence-electron chi connectivity index (χ4n) is 1.72. The number of ether oxygens (including phenoxy) is 1. The maximum atomic E-state index is 11.3. The molecule has 0 unspecified atom stereocenters. The van der Waals surface area contributed by atoms with Crippen LogP contribution in [0.5, 0.6) is 11.5 Å². The van der Waals surface area contributed by atoms with Crippen LogP contribution in [0, 0.1) is 16.7 Å². The summed E-state index contributed by atoms with van der Waals surface area (Å²) in [5, 5.41) is 19.7. The van der Waals surface area contributed by atoms with Gasteiger partial charge < -0.3 is 10.5 Å². The molecule has 2 aromatic carbocycles. The molecule has 0 aliphatic heterocycles. The van der Waals surface area contributed by atoms with Gasteiger partial charge in [-0.25, -0.2) is 0 Å². The summed E-state index contributed by atoms with van der Waals surface area (Å²) in [7, 11) is -4.45. The summed E-state index contributed by atoms with van der Waals surface area (Å²) < 4.78 is 37.4. The molecule has 0 saturated carbocycles. The Morgan fingerprint density at radius 1 is 1.28 bits per heavy atom. The van der Waals surface area contributed by atoms with E-state index in [0.29, 0.717) is 5.75 Å². The molecule has 2 rings (SSSR count). The van der Waals surface area contributed by atoms with Crippen molar-refractivity contribution >= 4 is 27.4 Å². The third-order valence-electron chi connectivity index (χ3n) is 2.87. The summed E-state index contributed by atoms with van der Waals surface area (Å²) in [5.41, 5.74) is 7.27. The highest BCUT2D eigenvalue weighted by Gasteiger charge is 2.14. The van der Waals surface area contributed by atoms with Crippen molar-refractivity contribution in [3.05, 3.63) is 48.5 Å². The lowest BCUT2D eigenvalue weighted by molar-refractivity contribution is 0.479. The number of hydrogen-bond acceptors (Lipinski definition) is 7. The fourth-order valence-corrected chi connectivity index (χ4v) is 2.23. The van der Waals surface area contributed by atoms with Crippen molar-refractivity contribution in [2.24, 2.45) is 10.8 Å². The van der Waals surface area contributed by atoms with Crippen molar-refractivity contribution in [3.63, 3.8) is 0 Å². The highest BCUT2D eigenvalue weighted by molar-refractivity contribution is 7.85. The van der Waals surface area contributed by atoms with Gasteiger partial charge in [0.25, 0.3) is 10.1 Å². The summed E-state index contributed by atoms with van der Waals surface area (Å²) in [5.74, 6) is 0.0934. The molecule has 10 heteroatoms. The molecule has 2 aromatic rings. The number of para-hydroxylation sites is 1. The molecule has 9 nitrogen and oxygen atoms in total. The smallest absolute Gasteiger partial charge is 0.294 e. The van der Waals surface area contributed by atoms with E-state index < -0.39 is 26.6 Å². The first-order chi connectivity index (χ1) is 11.8. The Kier molecular flexibility index (Phi) is 5.33. The van der Waals surface area contributed by atoms with Crippen molar-refractivity contribution < 1.29 is 17.7 Å². The normalized spacial score (nSPS) is 11.4. The lowest BCUT2D eigenvalue weighted by Crippen LogP contribution is -2.21. The molecule has 0 amide bonds. The second-order valence-corrected chi connectivity index (χ2v) is 6.07. The van der Waals surface area contributed by atoms with Gasteiger partial charge in [-0.05, 0) is 30.3 Å². The molecule has 0 saturated heterocycles. The van der Waals surface area contributed by atoms with E-state index in [2.05, 4.69) is 10.5 Å². The molecule has 0 aromatic heterocycles. The minimum Gasteiger partial charge on any atom is -0.455 e. The number of nitrogens with one attached hydrogen (secondary N) is 2. The number of anilines is 1. The maximum absolute atomic E-state index is 11.3. The Bertz CT molecular complexity index is 965. The summed E-state index contributed by atoms with van der Waals surface area (Å²) >= 11 is 0. The Hall–Kier alpha value is -3.42. The largest absolute Gasteiger partial charge is 0.455 e. The van der Waals surface area contributed by atoms with Gasteiger partial charge in [0.2, 0.25) is 5.71 Å². The molecule has 0 fully saturated rings. The third-order valence-corrected chi connectivity index (χ3v) is 3.72. The van der Waals surface area contributed by atoms with E-state index in [1.807, 2.05) is 0 Å². The van der Waals surface area contributed by atoms with Crippen molar-refractivity contribution in [3.8, 4) is 17.6 Å². The van der Waals surface area contributed by atoms with Crippen LogP contribution in [0.2, 0.25) is 0 Å². The van der Waals surface area contributed by atoms with Crippen molar-refractivity contribution in [1.82, 2.24) is 0 Å². The number of nitrogens with two attached hydrogens (primary N) is 1. The lowest BCUT2D eigenvalue weighted by atomic mass is 10.3. The highest BCUT2D eigenvalue weighted by atomic mass is 32.2. The van der Waals surface area contributed by atoms with E-state index in [0.717, 1.165) is 12.1 Å². The van der Waals surface area contributed by atoms with Crippen LogP contribution >= 0.6 is 0 Å². The van der Waals surface area contributed by atoms with E-state index in [-0.39, 0.29) is 11.4 Å². The zero-order valence-corrected chi connectivity index (χ0v) is 13.5. The minimum absolute atomic E-state index is 0.0491. The first kappa shape index (κ1) is 17.9. The van der Waals surface area contributed by atoms with Crippen LogP contribution in [-0.4, -0.2) is 24.5 Å². The van der Waals surface area contributed by atoms with Crippen LogP contribution in [0.3, 0.4) is 0 Å². The Balaban J connectivity index is 2.45. The van der Waals surface area contributed by atoms with Gasteiger partial charge in [-0.15, -0.1) is 0 Å². The van der Waals surface area contributed by atoms with E-state index in [4.69, 9.17) is 25.7 Å². The van der Waals surface area contributed by atoms with E-state index in [1.54, 1.807) is 36.4 Å². The maximum Gasteiger partial charge on any atom is 0.294 e. The van der Waals surface area contributed by atoms with Crippen molar-refractivity contribution in [2.75, 3.05) is 5.43 Å². The van der Waals surface area contributed by atoms with Gasteiger partial charge in [0.1, 0.15) is 17.5 Å². The predicted octanol–water partition coefficient (Wildman–Crippen LogP) is 1.95. The molecule has 0 spiro atoms. The fraction of sp³-hybridized carbons (Fsp3) is 0. The number of amidine groups is 1. The summed E-state index contributed by atoms with van der Waals surface area (Å²) in [4.78, 5) is -0.396. The Morgan fingerprint density at radius 3 is 2.52 bits per heavy atom. The van der Waals surface area contributed by atoms with Gasteiger partial charge in [-0.1, -0.05) is 18.2 Å². The van der Waals surface area contributed by atoms with Gasteiger partial charge in [-0.3, -0.25) is 15.4 Å². The van der Waals surface area contributed by atoms with Crippen molar-refractivity contribution in [1.29, 1.82) is 10.7 Å². The van der Waals surface area contributed by atoms with Gasteiger partial charge >= 0.3 is 0 Å². The Labute approximate surface area is 143 Å². The molecular formula is C15H13N5O4S. The van der Waals surface area contributed by atoms with Crippen LogP contribution in [0.1, 0.15) is 0 Å². The lowest BCUT2D eigenvalue weighted by Gasteiger charge is -2.12. The molecular weight excluding hydrogens is 346 g/mol. The second-order valence-electron chi connectivity index (χ2n) is 4.65. The zero-order chi connectivity index (χ0) is 18.4. The topological polar surface area (TPSA) is 162 Å². The van der Waals surface area contributed by atoms with Crippen LogP contribution in [-0.2, 0) is 10.1 Å². The number of hydrogen-bond donors (Lipinski definition) is 4. The van der Waals surface area contributed by atoms with E-state index >= 15 is 0 Å². The number of nitrogens with zero attached hydrogens (tertiary/aromatic N) is 2. The molecule has 128 valence electrons. The third kappa shape index (κ3) is 4.77. The zero-order valence-electron chi connectivity index (χ0n) is 12.7. The van der Waals surface area contributed by atoms with Crippen LogP contribution in [0.25, 0.3) is 0 Å². The van der Waals surface area contributed by atoms with Gasteiger partial charge in [0.05, 0.1) is 4.90 Å². The standard InChI is InChI=1S/C15H13N5O4S/c16-9-13(15(17)18)20-19-12-8-11(25(21,22)23)6-7-14(12)24-10-4-2-1-3-5-10/h1-8,19H,(H3,17,18)(H,21,22,23)/b20-13+. The average molecular weight is 359 g/mol. The highest BCUT2D eigenvalue weighted by Crippen LogP contribution is 2.31. The van der Waals surface area contributed by atoms with Crippen LogP contribution in [0.4, 0.5) is 5.69 Å². The number of nitriles is 1. The summed E-state index contributed by atoms with van der Waals surface area (Å²) in [6.07, 6.45) is 0. The first-order valence-electron chi connectivity index (χ1n) is 6.74. The Morgan fingerprint density at radius 2 is 1.96 bits per heavy atom. The molecule has 25 heavy (non-hydrogen) atoms. The first-order valence-corrected chi connectivity index (χ1v) is 8.18. The number of benzene rings is 2. The molecule has 0 radical (unpaired) electrons. The predicted molar refractivity (Wildman–Crippen MR) is 91.4 cm³/mol. The monoisotopic (exact) mass is 359 g/mol. The van der Waals surface area contributed by atoms with Crippen LogP contribution in [0.15, 0.2) is 58.5 Å². The summed E-state index contributed by atoms with van der Waals surface area (Å²) in [6, 6.07) is 13.8. The second kappa shape index (κ2) is 7.43. The quantitative estimate of drug-likeness (QED) is 0.265. The van der Waals surface area contributed by atoms with Gasteiger partial charge in [0.15, 0.2) is 11.6 Å². The van der Waals surface area contributed by atoms with Crippen LogP contribution < -0.4 is 15.9 Å². The SMILES string of the molecule is N#C/C(=N\Nc1cc(S(=O)(=O)O)ccc1Oc1ccccc1)C(=N)N. The van der Waals surface area contributed by atoms with E-state index in [1.165, 1.54) is 6.07 Å². The molecule has 5 N–H and O–H groups in total. The molecule has 0 aliphatic rings. The average Bonchev–Trinajstić information content (AvgIpc) is 2.56. The number of hydrazone groups is 1. The number of rotatable bonds is 6. The minimum atomic E-state index is -4.45. The molecule has 0 atom stereocenters. The van der Waals surface area contributed by atoms with E-state index in [9.17, 15) is 8.42 Å². The molecule has 0 heterocycles. The van der Waals surface area contributed by atoms with Gasteiger partial charge in [0, 0.05) is 0 Å². The molecule has 0 aliphatic carbocycles.